The summed E-state index contributed by atoms with van der Waals surface area (Å²) in [6.07, 6.45) is 1.83. The number of carbonyl (C=O) groups is 1. The van der Waals surface area contributed by atoms with Gasteiger partial charge in [0.15, 0.2) is 11.1 Å². The Morgan fingerprint density at radius 3 is 2.56 bits per heavy atom. The summed E-state index contributed by atoms with van der Waals surface area (Å²) in [5.74, 6) is 0.511. The van der Waals surface area contributed by atoms with E-state index in [1.807, 2.05) is 42.8 Å². The number of aromatic nitrogens is 1. The van der Waals surface area contributed by atoms with E-state index in [0.29, 0.717) is 24.6 Å². The summed E-state index contributed by atoms with van der Waals surface area (Å²) in [4.78, 5) is 25.0. The fourth-order valence-corrected chi connectivity index (χ4v) is 3.49. The van der Waals surface area contributed by atoms with Crippen LogP contribution in [0.4, 0.5) is 5.13 Å². The number of aliphatic imine (C=N–C) groups is 1. The normalized spacial score (nSPS) is 14.6. The van der Waals surface area contributed by atoms with E-state index in [1.165, 1.54) is 0 Å². The van der Waals surface area contributed by atoms with E-state index in [9.17, 15) is 4.79 Å². The maximum Gasteiger partial charge on any atom is 0.251 e. The second-order valence-electron chi connectivity index (χ2n) is 6.02. The third kappa shape index (κ3) is 5.80. The molecule has 0 radical (unpaired) electrons. The van der Waals surface area contributed by atoms with Gasteiger partial charge in [0.1, 0.15) is 0 Å². The quantitative estimate of drug-likeness (QED) is 0.374. The number of nitrogens with two attached hydrogens (primary N) is 1. The Balaban J connectivity index is 0.00000261. The number of nitrogens with one attached hydrogen (secondary N) is 1. The highest BCUT2D eigenvalue weighted by Gasteiger charge is 2.19. The second-order valence-corrected chi connectivity index (χ2v) is 6.89. The van der Waals surface area contributed by atoms with E-state index in [-0.39, 0.29) is 29.9 Å². The average molecular weight is 500 g/mol. The van der Waals surface area contributed by atoms with Crippen molar-refractivity contribution < 1.29 is 4.79 Å². The van der Waals surface area contributed by atoms with Crippen molar-refractivity contribution in [1.29, 1.82) is 0 Å². The van der Waals surface area contributed by atoms with Gasteiger partial charge in [-0.2, -0.15) is 0 Å². The SMILES string of the molecule is CCNC(=O)c1ccc(CN=C(N)N2CCN(c3nccs3)CC2)cc1.I. The molecule has 0 bridgehead atoms. The number of benzene rings is 1. The van der Waals surface area contributed by atoms with Gasteiger partial charge in [-0.3, -0.25) is 4.79 Å². The van der Waals surface area contributed by atoms with E-state index in [2.05, 4.69) is 25.1 Å². The van der Waals surface area contributed by atoms with Crippen LogP contribution in [0.3, 0.4) is 0 Å². The highest BCUT2D eigenvalue weighted by molar-refractivity contribution is 14.0. The molecule has 1 amide bonds. The summed E-state index contributed by atoms with van der Waals surface area (Å²) >= 11 is 1.66. The van der Waals surface area contributed by atoms with Crippen molar-refractivity contribution in [2.24, 2.45) is 10.7 Å². The number of carbonyl (C=O) groups excluding carboxylic acids is 1. The lowest BCUT2D eigenvalue weighted by molar-refractivity contribution is 0.0956. The predicted molar refractivity (Wildman–Crippen MR) is 121 cm³/mol. The average Bonchev–Trinajstić information content (AvgIpc) is 3.21. The van der Waals surface area contributed by atoms with Crippen LogP contribution >= 0.6 is 35.3 Å². The van der Waals surface area contributed by atoms with Gasteiger partial charge in [0.05, 0.1) is 6.54 Å². The molecule has 0 atom stereocenters. The fourth-order valence-electron chi connectivity index (χ4n) is 2.80. The minimum Gasteiger partial charge on any atom is -0.370 e. The Kier molecular flexibility index (Phi) is 8.29. The van der Waals surface area contributed by atoms with Crippen LogP contribution in [0.1, 0.15) is 22.8 Å². The molecule has 3 rings (SSSR count). The number of hydrogen-bond acceptors (Lipinski definition) is 5. The minimum absolute atomic E-state index is 0. The van der Waals surface area contributed by atoms with Gasteiger partial charge in [-0.25, -0.2) is 9.98 Å². The van der Waals surface area contributed by atoms with Crippen LogP contribution in [-0.2, 0) is 6.54 Å². The highest BCUT2D eigenvalue weighted by Crippen LogP contribution is 2.18. The van der Waals surface area contributed by atoms with Gasteiger partial charge in [-0.05, 0) is 24.6 Å². The Bertz CT molecular complexity index is 742. The monoisotopic (exact) mass is 500 g/mol. The van der Waals surface area contributed by atoms with Crippen LogP contribution < -0.4 is 16.0 Å². The Labute approximate surface area is 180 Å². The fraction of sp³-hybridized carbons (Fsp3) is 0.389. The summed E-state index contributed by atoms with van der Waals surface area (Å²) in [7, 11) is 0. The second kappa shape index (κ2) is 10.5. The zero-order chi connectivity index (χ0) is 18.4. The van der Waals surface area contributed by atoms with Crippen LogP contribution in [0.2, 0.25) is 0 Å². The van der Waals surface area contributed by atoms with Crippen LogP contribution in [-0.4, -0.2) is 54.5 Å². The molecule has 3 N–H and O–H groups in total. The summed E-state index contributed by atoms with van der Waals surface area (Å²) in [5.41, 5.74) is 7.85. The molecular weight excluding hydrogens is 475 g/mol. The standard InChI is InChI=1S/C18H24N6OS.HI/c1-2-20-16(25)15-5-3-14(4-6-15)13-22-17(19)23-8-10-24(11-9-23)18-21-7-12-26-18;/h3-7,12H,2,8-11,13H2,1H3,(H2,19,22)(H,20,25);1H. The molecule has 1 aliphatic heterocycles. The molecule has 1 aliphatic rings. The van der Waals surface area contributed by atoms with Crippen LogP contribution in [0.5, 0.6) is 0 Å². The number of anilines is 1. The number of rotatable bonds is 5. The molecule has 0 saturated carbocycles. The molecule has 9 heteroatoms. The Morgan fingerprint density at radius 1 is 1.26 bits per heavy atom. The Morgan fingerprint density at radius 2 is 1.96 bits per heavy atom. The van der Waals surface area contributed by atoms with Crippen molar-refractivity contribution in [2.75, 3.05) is 37.6 Å². The molecule has 1 aromatic carbocycles. The molecule has 1 saturated heterocycles. The highest BCUT2D eigenvalue weighted by atomic mass is 127. The minimum atomic E-state index is -0.0554. The van der Waals surface area contributed by atoms with Gasteiger partial charge < -0.3 is 20.9 Å². The lowest BCUT2D eigenvalue weighted by Gasteiger charge is -2.35. The van der Waals surface area contributed by atoms with Crippen molar-refractivity contribution >= 4 is 52.3 Å². The first-order chi connectivity index (χ1) is 12.7. The molecule has 1 aromatic heterocycles. The smallest absolute Gasteiger partial charge is 0.251 e. The van der Waals surface area contributed by atoms with Gasteiger partial charge in [0.25, 0.3) is 5.91 Å². The summed E-state index contributed by atoms with van der Waals surface area (Å²) < 4.78 is 0. The number of hydrogen-bond donors (Lipinski definition) is 2. The third-order valence-corrected chi connectivity index (χ3v) is 5.10. The first-order valence-corrected chi connectivity index (χ1v) is 9.61. The number of thiazole rings is 1. The van der Waals surface area contributed by atoms with Crippen molar-refractivity contribution in [3.05, 3.63) is 47.0 Å². The van der Waals surface area contributed by atoms with E-state index in [4.69, 9.17) is 5.73 Å². The molecule has 146 valence electrons. The number of guanidine groups is 1. The van der Waals surface area contributed by atoms with E-state index < -0.39 is 0 Å². The predicted octanol–water partition coefficient (Wildman–Crippen LogP) is 2.15. The molecule has 27 heavy (non-hydrogen) atoms. The number of piperazine rings is 1. The van der Waals surface area contributed by atoms with E-state index in [1.54, 1.807) is 11.3 Å². The molecule has 2 aromatic rings. The Hall–Kier alpha value is -1.88. The topological polar surface area (TPSA) is 86.8 Å². The number of amides is 1. The van der Waals surface area contributed by atoms with Gasteiger partial charge in [0.2, 0.25) is 0 Å². The maximum absolute atomic E-state index is 11.8. The number of halogens is 1. The molecule has 2 heterocycles. The van der Waals surface area contributed by atoms with Gasteiger partial charge in [0, 0.05) is 49.9 Å². The first kappa shape index (κ1) is 21.4. The van der Waals surface area contributed by atoms with E-state index in [0.717, 1.165) is 36.9 Å². The molecule has 1 fully saturated rings. The molecular formula is C18H25IN6OS. The molecule has 0 unspecified atom stereocenters. The summed E-state index contributed by atoms with van der Waals surface area (Å²) in [5, 5.41) is 5.84. The number of nitrogens with zero attached hydrogens (tertiary/aromatic N) is 4. The van der Waals surface area contributed by atoms with Gasteiger partial charge >= 0.3 is 0 Å². The third-order valence-electron chi connectivity index (χ3n) is 4.27. The molecule has 7 nitrogen and oxygen atoms in total. The first-order valence-electron chi connectivity index (χ1n) is 8.74. The summed E-state index contributed by atoms with van der Waals surface area (Å²) in [6, 6.07) is 7.47. The van der Waals surface area contributed by atoms with Crippen molar-refractivity contribution in [1.82, 2.24) is 15.2 Å². The zero-order valence-electron chi connectivity index (χ0n) is 15.3. The van der Waals surface area contributed by atoms with Crippen LogP contribution in [0.25, 0.3) is 0 Å². The van der Waals surface area contributed by atoms with Crippen LogP contribution in [0, 0.1) is 0 Å². The van der Waals surface area contributed by atoms with Crippen molar-refractivity contribution in [3.8, 4) is 0 Å². The molecule has 0 aliphatic carbocycles. The summed E-state index contributed by atoms with van der Waals surface area (Å²) in [6.45, 7) is 6.50. The molecule has 0 spiro atoms. The van der Waals surface area contributed by atoms with Crippen LogP contribution in [0.15, 0.2) is 40.8 Å². The van der Waals surface area contributed by atoms with Gasteiger partial charge in [-0.15, -0.1) is 35.3 Å². The van der Waals surface area contributed by atoms with Crippen molar-refractivity contribution in [3.63, 3.8) is 0 Å². The lowest BCUT2D eigenvalue weighted by atomic mass is 10.1. The zero-order valence-corrected chi connectivity index (χ0v) is 18.4. The van der Waals surface area contributed by atoms with Crippen molar-refractivity contribution in [2.45, 2.75) is 13.5 Å². The maximum atomic E-state index is 11.8. The van der Waals surface area contributed by atoms with Gasteiger partial charge in [-0.1, -0.05) is 12.1 Å². The lowest BCUT2D eigenvalue weighted by Crippen LogP contribution is -2.51. The largest absolute Gasteiger partial charge is 0.370 e. The van der Waals surface area contributed by atoms with E-state index >= 15 is 0 Å².